The van der Waals surface area contributed by atoms with Gasteiger partial charge in [0.05, 0.1) is 18.1 Å². The van der Waals surface area contributed by atoms with Crippen LogP contribution in [0.4, 0.5) is 11.4 Å². The molecule has 3 N–H and O–H groups in total. The number of sulfonamides is 1. The Balaban J connectivity index is 3.32. The molecule has 0 aliphatic heterocycles. The molecule has 0 amide bonds. The van der Waals surface area contributed by atoms with Crippen molar-refractivity contribution in [2.75, 3.05) is 39.1 Å². The number of aliphatic hydroxyl groups excluding tert-OH is 1. The summed E-state index contributed by atoms with van der Waals surface area (Å²) in [4.78, 5) is 9.69. The highest BCUT2D eigenvalue weighted by molar-refractivity contribution is 7.89. The SMILES string of the molecule is COCCN(CCO)S(=O)(=O)c1cc(N)ccc1[N+](=O)[O-]. The zero-order valence-corrected chi connectivity index (χ0v) is 12.2. The predicted molar refractivity (Wildman–Crippen MR) is 75.2 cm³/mol. The highest BCUT2D eigenvalue weighted by Crippen LogP contribution is 2.28. The van der Waals surface area contributed by atoms with Gasteiger partial charge in [0.2, 0.25) is 10.0 Å². The first kappa shape index (κ1) is 17.3. The van der Waals surface area contributed by atoms with E-state index in [2.05, 4.69) is 0 Å². The first-order valence-electron chi connectivity index (χ1n) is 5.98. The number of nitro groups is 1. The van der Waals surface area contributed by atoms with Gasteiger partial charge in [-0.3, -0.25) is 10.1 Å². The van der Waals surface area contributed by atoms with E-state index >= 15 is 0 Å². The first-order valence-corrected chi connectivity index (χ1v) is 7.42. The van der Waals surface area contributed by atoms with E-state index in [1.54, 1.807) is 0 Å². The molecule has 0 aliphatic rings. The number of nitrogens with two attached hydrogens (primary N) is 1. The minimum absolute atomic E-state index is 0.0364. The summed E-state index contributed by atoms with van der Waals surface area (Å²) in [6.07, 6.45) is 0. The van der Waals surface area contributed by atoms with Gasteiger partial charge in [-0.15, -0.1) is 0 Å². The average molecular weight is 319 g/mol. The van der Waals surface area contributed by atoms with Crippen molar-refractivity contribution in [2.45, 2.75) is 4.90 Å². The van der Waals surface area contributed by atoms with Gasteiger partial charge < -0.3 is 15.6 Å². The van der Waals surface area contributed by atoms with Crippen LogP contribution in [0, 0.1) is 10.1 Å². The molecule has 9 nitrogen and oxygen atoms in total. The number of rotatable bonds is 8. The summed E-state index contributed by atoms with van der Waals surface area (Å²) >= 11 is 0. The van der Waals surface area contributed by atoms with E-state index in [1.807, 2.05) is 0 Å². The van der Waals surface area contributed by atoms with Crippen molar-refractivity contribution in [1.82, 2.24) is 4.31 Å². The van der Waals surface area contributed by atoms with Crippen LogP contribution in [0.3, 0.4) is 0 Å². The predicted octanol–water partition coefficient (Wildman–Crippen LogP) is -0.194. The Morgan fingerprint density at radius 2 is 2.10 bits per heavy atom. The minimum atomic E-state index is -4.16. The van der Waals surface area contributed by atoms with Crippen molar-refractivity contribution in [2.24, 2.45) is 0 Å². The number of nitrogen functional groups attached to an aromatic ring is 1. The van der Waals surface area contributed by atoms with Gasteiger partial charge >= 0.3 is 0 Å². The van der Waals surface area contributed by atoms with Gasteiger partial charge in [-0.05, 0) is 12.1 Å². The summed E-state index contributed by atoms with van der Waals surface area (Å²) in [7, 11) is -2.77. The van der Waals surface area contributed by atoms with Gasteiger partial charge in [0, 0.05) is 32.0 Å². The maximum atomic E-state index is 12.5. The maximum absolute atomic E-state index is 12.5. The maximum Gasteiger partial charge on any atom is 0.289 e. The molecule has 1 aromatic carbocycles. The highest BCUT2D eigenvalue weighted by atomic mass is 32.2. The van der Waals surface area contributed by atoms with Crippen molar-refractivity contribution < 1.29 is 23.2 Å². The van der Waals surface area contributed by atoms with Crippen LogP contribution in [-0.2, 0) is 14.8 Å². The van der Waals surface area contributed by atoms with E-state index in [1.165, 1.54) is 13.2 Å². The van der Waals surface area contributed by atoms with E-state index in [-0.39, 0.29) is 25.4 Å². The van der Waals surface area contributed by atoms with Crippen molar-refractivity contribution >= 4 is 21.4 Å². The molecule has 0 radical (unpaired) electrons. The summed E-state index contributed by atoms with van der Waals surface area (Å²) in [6, 6.07) is 3.32. The fraction of sp³-hybridized carbons (Fsp3) is 0.455. The van der Waals surface area contributed by atoms with Crippen molar-refractivity contribution in [3.05, 3.63) is 28.3 Å². The molecule has 0 bridgehead atoms. The fourth-order valence-electron chi connectivity index (χ4n) is 1.68. The number of anilines is 1. The molecule has 0 unspecified atom stereocenters. The van der Waals surface area contributed by atoms with Crippen molar-refractivity contribution in [1.29, 1.82) is 0 Å². The molecule has 0 aromatic heterocycles. The van der Waals surface area contributed by atoms with E-state index in [9.17, 15) is 18.5 Å². The molecule has 21 heavy (non-hydrogen) atoms. The van der Waals surface area contributed by atoms with Crippen LogP contribution < -0.4 is 5.73 Å². The van der Waals surface area contributed by atoms with Crippen LogP contribution in [0.1, 0.15) is 0 Å². The van der Waals surface area contributed by atoms with Crippen molar-refractivity contribution in [3.63, 3.8) is 0 Å². The number of hydrogen-bond acceptors (Lipinski definition) is 7. The summed E-state index contributed by atoms with van der Waals surface area (Å²) < 4.78 is 30.7. The van der Waals surface area contributed by atoms with Gasteiger partial charge in [-0.1, -0.05) is 0 Å². The molecule has 10 heteroatoms. The molecule has 0 saturated carbocycles. The third-order valence-electron chi connectivity index (χ3n) is 2.69. The second kappa shape index (κ2) is 7.31. The second-order valence-electron chi connectivity index (χ2n) is 4.10. The fourth-order valence-corrected chi connectivity index (χ4v) is 3.29. The first-order chi connectivity index (χ1) is 9.84. The molecule has 1 aromatic rings. The Labute approximate surface area is 122 Å². The number of benzene rings is 1. The zero-order valence-electron chi connectivity index (χ0n) is 11.4. The lowest BCUT2D eigenvalue weighted by molar-refractivity contribution is -0.387. The van der Waals surface area contributed by atoms with Crippen molar-refractivity contribution in [3.8, 4) is 0 Å². The second-order valence-corrected chi connectivity index (χ2v) is 6.01. The summed E-state index contributed by atoms with van der Waals surface area (Å²) in [6.45, 7) is -0.558. The van der Waals surface area contributed by atoms with Gasteiger partial charge in [0.25, 0.3) is 5.69 Å². The van der Waals surface area contributed by atoms with Gasteiger partial charge in [-0.2, -0.15) is 4.31 Å². The normalized spacial score (nSPS) is 11.8. The zero-order chi connectivity index (χ0) is 16.0. The van der Waals surface area contributed by atoms with Crippen LogP contribution in [-0.4, -0.2) is 56.2 Å². The Morgan fingerprint density at radius 3 is 2.62 bits per heavy atom. The molecule has 0 aliphatic carbocycles. The third kappa shape index (κ3) is 4.11. The summed E-state index contributed by atoms with van der Waals surface area (Å²) in [5.74, 6) is 0. The number of nitro benzene ring substituents is 1. The average Bonchev–Trinajstić information content (AvgIpc) is 2.42. The monoisotopic (exact) mass is 319 g/mol. The van der Waals surface area contributed by atoms with E-state index in [0.717, 1.165) is 16.4 Å². The topological polar surface area (TPSA) is 136 Å². The number of methoxy groups -OCH3 is 1. The molecular weight excluding hydrogens is 302 g/mol. The standard InChI is InChI=1S/C11H17N3O6S/c1-20-7-5-13(4-6-15)21(18,19)11-8-9(12)2-3-10(11)14(16)17/h2-3,8,15H,4-7,12H2,1H3. The largest absolute Gasteiger partial charge is 0.399 e. The van der Waals surface area contributed by atoms with Crippen LogP contribution in [0.15, 0.2) is 23.1 Å². The lowest BCUT2D eigenvalue weighted by Gasteiger charge is -2.20. The minimum Gasteiger partial charge on any atom is -0.399 e. The molecule has 1 rings (SSSR count). The Morgan fingerprint density at radius 1 is 1.43 bits per heavy atom. The summed E-state index contributed by atoms with van der Waals surface area (Å²) in [5, 5.41) is 20.0. The number of hydrogen-bond donors (Lipinski definition) is 2. The lowest BCUT2D eigenvalue weighted by Crippen LogP contribution is -2.36. The smallest absolute Gasteiger partial charge is 0.289 e. The molecule has 0 atom stereocenters. The highest BCUT2D eigenvalue weighted by Gasteiger charge is 2.31. The van der Waals surface area contributed by atoms with Crippen LogP contribution in [0.5, 0.6) is 0 Å². The van der Waals surface area contributed by atoms with Gasteiger partial charge in [-0.25, -0.2) is 8.42 Å². The Kier molecular flexibility index (Phi) is 6.03. The molecule has 0 fully saturated rings. The van der Waals surface area contributed by atoms with E-state index in [0.29, 0.717) is 0 Å². The molecular formula is C11H17N3O6S. The molecule has 0 heterocycles. The van der Waals surface area contributed by atoms with Crippen LogP contribution >= 0.6 is 0 Å². The number of nitrogens with zero attached hydrogens (tertiary/aromatic N) is 2. The quantitative estimate of drug-likeness (QED) is 0.385. The van der Waals surface area contributed by atoms with Gasteiger partial charge in [0.1, 0.15) is 0 Å². The third-order valence-corrected chi connectivity index (χ3v) is 4.62. The summed E-state index contributed by atoms with van der Waals surface area (Å²) in [5.41, 5.74) is 5.05. The number of ether oxygens (including phenoxy) is 1. The van der Waals surface area contributed by atoms with E-state index in [4.69, 9.17) is 15.6 Å². The van der Waals surface area contributed by atoms with Crippen LogP contribution in [0.25, 0.3) is 0 Å². The van der Waals surface area contributed by atoms with E-state index < -0.39 is 32.1 Å². The molecule has 0 spiro atoms. The van der Waals surface area contributed by atoms with Crippen LogP contribution in [0.2, 0.25) is 0 Å². The molecule has 118 valence electrons. The van der Waals surface area contributed by atoms with Gasteiger partial charge in [0.15, 0.2) is 4.90 Å². The Bertz CT molecular complexity index is 604. The lowest BCUT2D eigenvalue weighted by atomic mass is 10.3. The Hall–Kier alpha value is -1.75. The molecule has 0 saturated heterocycles. The number of aliphatic hydroxyl groups is 1.